The van der Waals surface area contributed by atoms with E-state index in [0.29, 0.717) is 0 Å². The number of benzene rings is 8. The number of nitrogens with zero attached hydrogens (tertiary/aromatic N) is 2. The first-order chi connectivity index (χ1) is 22.9. The number of hydrogen-bond acceptors (Lipinski definition) is 0. The number of hydrogen-bond donors (Lipinski definition) is 0. The third kappa shape index (κ3) is 3.47. The Kier molecular flexibility index (Phi) is 5.31. The number of rotatable bonds is 3. The van der Waals surface area contributed by atoms with Crippen molar-refractivity contribution in [3.63, 3.8) is 0 Å². The minimum Gasteiger partial charge on any atom is -0.309 e. The van der Waals surface area contributed by atoms with Crippen molar-refractivity contribution < 1.29 is 0 Å². The van der Waals surface area contributed by atoms with Gasteiger partial charge in [0.05, 0.1) is 33.4 Å². The first-order valence-corrected chi connectivity index (χ1v) is 15.9. The smallest absolute Gasteiger partial charge is 0.0541 e. The van der Waals surface area contributed by atoms with Crippen LogP contribution in [0.5, 0.6) is 0 Å². The summed E-state index contributed by atoms with van der Waals surface area (Å²) in [4.78, 5) is 0. The van der Waals surface area contributed by atoms with Crippen molar-refractivity contribution in [1.82, 2.24) is 9.13 Å². The molecule has 2 heterocycles. The fourth-order valence-corrected chi connectivity index (χ4v) is 7.79. The van der Waals surface area contributed by atoms with Crippen LogP contribution in [0.4, 0.5) is 0 Å². The van der Waals surface area contributed by atoms with Gasteiger partial charge in [0.2, 0.25) is 0 Å². The van der Waals surface area contributed by atoms with Crippen molar-refractivity contribution in [2.45, 2.75) is 0 Å². The van der Waals surface area contributed by atoms with Crippen molar-refractivity contribution in [2.75, 3.05) is 0 Å². The van der Waals surface area contributed by atoms with Gasteiger partial charge in [0.1, 0.15) is 0 Å². The molecule has 0 N–H and O–H groups in total. The van der Waals surface area contributed by atoms with Crippen molar-refractivity contribution >= 4 is 65.2 Å². The highest BCUT2D eigenvalue weighted by Crippen LogP contribution is 2.42. The Morgan fingerprint density at radius 3 is 0.804 bits per heavy atom. The van der Waals surface area contributed by atoms with E-state index in [9.17, 15) is 0 Å². The first-order valence-electron chi connectivity index (χ1n) is 15.9. The number of aromatic nitrogens is 2. The molecule has 0 aliphatic carbocycles. The second kappa shape index (κ2) is 9.69. The second-order valence-corrected chi connectivity index (χ2v) is 12.1. The van der Waals surface area contributed by atoms with Gasteiger partial charge < -0.3 is 9.13 Å². The summed E-state index contributed by atoms with van der Waals surface area (Å²) >= 11 is 0. The Balaban J connectivity index is 1.24. The molecule has 214 valence electrons. The summed E-state index contributed by atoms with van der Waals surface area (Å²) in [5.74, 6) is 0. The third-order valence-electron chi connectivity index (χ3n) is 9.73. The lowest BCUT2D eigenvalue weighted by Gasteiger charge is -2.18. The van der Waals surface area contributed by atoms with E-state index >= 15 is 0 Å². The molecule has 8 aromatic carbocycles. The largest absolute Gasteiger partial charge is 0.309 e. The van der Waals surface area contributed by atoms with E-state index in [0.717, 1.165) is 0 Å². The Morgan fingerprint density at radius 1 is 0.217 bits per heavy atom. The van der Waals surface area contributed by atoms with E-state index in [1.54, 1.807) is 0 Å². The minimum absolute atomic E-state index is 1.20. The van der Waals surface area contributed by atoms with E-state index in [-0.39, 0.29) is 0 Å². The molecular weight excluding hydrogens is 556 g/mol. The molecule has 0 saturated heterocycles. The molecule has 10 rings (SSSR count). The van der Waals surface area contributed by atoms with Gasteiger partial charge in [-0.1, -0.05) is 133 Å². The molecule has 0 atom stereocenters. The Hall–Kier alpha value is -6.12. The summed E-state index contributed by atoms with van der Waals surface area (Å²) in [6, 6.07) is 62.0. The quantitative estimate of drug-likeness (QED) is 0.195. The van der Waals surface area contributed by atoms with Gasteiger partial charge in [0.25, 0.3) is 0 Å². The highest BCUT2D eigenvalue weighted by Gasteiger charge is 2.18. The Labute approximate surface area is 266 Å². The Morgan fingerprint density at radius 2 is 0.478 bits per heavy atom. The second-order valence-electron chi connectivity index (χ2n) is 12.1. The summed E-state index contributed by atoms with van der Waals surface area (Å²) in [6.45, 7) is 0. The van der Waals surface area contributed by atoms with Crippen LogP contribution in [0.25, 0.3) is 87.7 Å². The van der Waals surface area contributed by atoms with Crippen LogP contribution in [0.3, 0.4) is 0 Å². The van der Waals surface area contributed by atoms with E-state index in [4.69, 9.17) is 0 Å². The van der Waals surface area contributed by atoms with Crippen LogP contribution >= 0.6 is 0 Å². The van der Waals surface area contributed by atoms with E-state index < -0.39 is 0 Å². The summed E-state index contributed by atoms with van der Waals surface area (Å²) in [5.41, 5.74) is 9.77. The SMILES string of the molecule is c1ccc2c(-n3c4ccccc4c4ccccc43)ccc(-c3ccc(-n4c5ccccc5c5ccccc54)c4ccccc34)c2c1. The lowest BCUT2D eigenvalue weighted by atomic mass is 9.92. The van der Waals surface area contributed by atoms with E-state index in [2.05, 4.69) is 179 Å². The fraction of sp³-hybridized carbons (Fsp3) is 0. The highest BCUT2D eigenvalue weighted by molar-refractivity contribution is 6.15. The molecule has 0 saturated carbocycles. The maximum atomic E-state index is 2.43. The number of para-hydroxylation sites is 4. The van der Waals surface area contributed by atoms with Crippen molar-refractivity contribution in [1.29, 1.82) is 0 Å². The zero-order chi connectivity index (χ0) is 30.2. The van der Waals surface area contributed by atoms with Crippen molar-refractivity contribution in [3.8, 4) is 22.5 Å². The molecule has 0 radical (unpaired) electrons. The van der Waals surface area contributed by atoms with Crippen LogP contribution in [-0.4, -0.2) is 9.13 Å². The van der Waals surface area contributed by atoms with Gasteiger partial charge in [-0.05, 0) is 58.3 Å². The standard InChI is InChI=1S/C44H28N2/c1-3-15-33-29(13-1)31(25-27-43(33)45-39-21-9-5-17-35(39)36-18-6-10-22-40(36)45)32-26-28-44(34-16-4-2-14-30(32)34)46-41-23-11-7-19-37(41)38-20-8-12-24-42(38)46/h1-28H. The van der Waals surface area contributed by atoms with Gasteiger partial charge in [-0.25, -0.2) is 0 Å². The maximum Gasteiger partial charge on any atom is 0.0541 e. The molecule has 0 fully saturated rings. The molecule has 0 aliphatic heterocycles. The summed E-state index contributed by atoms with van der Waals surface area (Å²) in [6.07, 6.45) is 0. The normalized spacial score (nSPS) is 11.9. The fourth-order valence-electron chi connectivity index (χ4n) is 7.79. The molecule has 0 bridgehead atoms. The predicted octanol–water partition coefficient (Wildman–Crippen LogP) is 11.9. The van der Waals surface area contributed by atoms with Gasteiger partial charge in [-0.15, -0.1) is 0 Å². The predicted molar refractivity (Wildman–Crippen MR) is 196 cm³/mol. The average Bonchev–Trinajstić information content (AvgIpc) is 3.64. The lowest BCUT2D eigenvalue weighted by Crippen LogP contribution is -1.98. The van der Waals surface area contributed by atoms with Crippen molar-refractivity contribution in [2.24, 2.45) is 0 Å². The average molecular weight is 585 g/mol. The van der Waals surface area contributed by atoms with Gasteiger partial charge in [0.15, 0.2) is 0 Å². The van der Waals surface area contributed by atoms with E-state index in [1.165, 1.54) is 87.7 Å². The van der Waals surface area contributed by atoms with Crippen LogP contribution in [0.2, 0.25) is 0 Å². The Bertz CT molecular complexity index is 2510. The van der Waals surface area contributed by atoms with E-state index in [1.807, 2.05) is 0 Å². The molecular formula is C44H28N2. The lowest BCUT2D eigenvalue weighted by molar-refractivity contribution is 1.20. The molecule has 2 heteroatoms. The topological polar surface area (TPSA) is 9.86 Å². The van der Waals surface area contributed by atoms with Gasteiger partial charge in [0, 0.05) is 32.3 Å². The first kappa shape index (κ1) is 25.2. The summed E-state index contributed by atoms with van der Waals surface area (Å²) in [7, 11) is 0. The summed E-state index contributed by atoms with van der Waals surface area (Å²) in [5, 5.41) is 10.1. The van der Waals surface area contributed by atoms with Crippen LogP contribution < -0.4 is 0 Å². The van der Waals surface area contributed by atoms with Crippen LogP contribution in [0.15, 0.2) is 170 Å². The molecule has 2 nitrogen and oxygen atoms in total. The molecule has 2 aromatic heterocycles. The zero-order valence-corrected chi connectivity index (χ0v) is 25.1. The molecule has 0 unspecified atom stereocenters. The molecule has 10 aromatic rings. The highest BCUT2D eigenvalue weighted by atomic mass is 15.0. The van der Waals surface area contributed by atoms with Crippen LogP contribution in [0, 0.1) is 0 Å². The summed E-state index contributed by atoms with van der Waals surface area (Å²) < 4.78 is 4.86. The van der Waals surface area contributed by atoms with Crippen molar-refractivity contribution in [3.05, 3.63) is 170 Å². The van der Waals surface area contributed by atoms with Gasteiger partial charge in [-0.3, -0.25) is 0 Å². The number of fused-ring (bicyclic) bond motifs is 8. The zero-order valence-electron chi connectivity index (χ0n) is 25.1. The monoisotopic (exact) mass is 584 g/mol. The molecule has 0 amide bonds. The van der Waals surface area contributed by atoms with Crippen LogP contribution in [0.1, 0.15) is 0 Å². The molecule has 0 spiro atoms. The van der Waals surface area contributed by atoms with Gasteiger partial charge >= 0.3 is 0 Å². The molecule has 46 heavy (non-hydrogen) atoms. The molecule has 0 aliphatic rings. The third-order valence-corrected chi connectivity index (χ3v) is 9.73. The van der Waals surface area contributed by atoms with Crippen LogP contribution in [-0.2, 0) is 0 Å². The maximum absolute atomic E-state index is 2.43. The van der Waals surface area contributed by atoms with Gasteiger partial charge in [-0.2, -0.15) is 0 Å². The minimum atomic E-state index is 1.20.